The fourth-order valence-electron chi connectivity index (χ4n) is 1.17. The summed E-state index contributed by atoms with van der Waals surface area (Å²) in [6, 6.07) is 7.24. The fourth-order valence-corrected chi connectivity index (χ4v) is 1.66. The Labute approximate surface area is 106 Å². The molecule has 0 saturated heterocycles. The maximum Gasteiger partial charge on any atom is 0.221 e. The highest BCUT2D eigenvalue weighted by molar-refractivity contribution is 9.10. The SMILES string of the molecule is Nc1nccc(Nc2ccc(Cl)c(Br)c2)n1. The Morgan fingerprint density at radius 3 is 2.81 bits per heavy atom. The third-order valence-corrected chi connectivity index (χ3v) is 3.08. The highest BCUT2D eigenvalue weighted by Gasteiger charge is 2.00. The van der Waals surface area contributed by atoms with Gasteiger partial charge < -0.3 is 11.1 Å². The van der Waals surface area contributed by atoms with Crippen LogP contribution in [0.3, 0.4) is 0 Å². The largest absolute Gasteiger partial charge is 0.368 e. The minimum absolute atomic E-state index is 0.234. The molecule has 16 heavy (non-hydrogen) atoms. The quantitative estimate of drug-likeness (QED) is 0.893. The van der Waals surface area contributed by atoms with E-state index in [2.05, 4.69) is 31.2 Å². The molecule has 0 spiro atoms. The van der Waals surface area contributed by atoms with Crippen molar-refractivity contribution < 1.29 is 0 Å². The fraction of sp³-hybridized carbons (Fsp3) is 0. The van der Waals surface area contributed by atoms with Crippen LogP contribution in [0.4, 0.5) is 17.5 Å². The molecule has 0 saturated carbocycles. The highest BCUT2D eigenvalue weighted by atomic mass is 79.9. The minimum atomic E-state index is 0.234. The van der Waals surface area contributed by atoms with Gasteiger partial charge in [-0.3, -0.25) is 0 Å². The van der Waals surface area contributed by atoms with Crippen LogP contribution in [0, 0.1) is 0 Å². The topological polar surface area (TPSA) is 63.8 Å². The van der Waals surface area contributed by atoms with E-state index in [1.807, 2.05) is 12.1 Å². The van der Waals surface area contributed by atoms with Gasteiger partial charge in [0.25, 0.3) is 0 Å². The number of aromatic nitrogens is 2. The molecule has 2 aromatic rings. The Morgan fingerprint density at radius 1 is 1.31 bits per heavy atom. The van der Waals surface area contributed by atoms with Gasteiger partial charge in [-0.1, -0.05) is 11.6 Å². The highest BCUT2D eigenvalue weighted by Crippen LogP contribution is 2.26. The predicted molar refractivity (Wildman–Crippen MR) is 68.9 cm³/mol. The summed E-state index contributed by atoms with van der Waals surface area (Å²) >= 11 is 9.23. The van der Waals surface area contributed by atoms with Crippen LogP contribution >= 0.6 is 27.5 Å². The Kier molecular flexibility index (Phi) is 3.26. The van der Waals surface area contributed by atoms with Gasteiger partial charge in [-0.25, -0.2) is 4.98 Å². The Hall–Kier alpha value is -1.33. The lowest BCUT2D eigenvalue weighted by Crippen LogP contribution is -1.98. The zero-order valence-corrected chi connectivity index (χ0v) is 10.5. The molecule has 0 aliphatic carbocycles. The predicted octanol–water partition coefficient (Wildman–Crippen LogP) is 3.22. The molecule has 0 bridgehead atoms. The molecule has 3 N–H and O–H groups in total. The number of halogens is 2. The number of anilines is 3. The van der Waals surface area contributed by atoms with Gasteiger partial charge in [0.2, 0.25) is 5.95 Å². The van der Waals surface area contributed by atoms with Gasteiger partial charge in [-0.15, -0.1) is 0 Å². The summed E-state index contributed by atoms with van der Waals surface area (Å²) in [5.41, 5.74) is 6.34. The molecular weight excluding hydrogens is 291 g/mol. The van der Waals surface area contributed by atoms with E-state index < -0.39 is 0 Å². The van der Waals surface area contributed by atoms with Crippen molar-refractivity contribution in [2.24, 2.45) is 0 Å². The normalized spacial score (nSPS) is 10.1. The number of nitrogen functional groups attached to an aromatic ring is 1. The van der Waals surface area contributed by atoms with Gasteiger partial charge in [-0.05, 0) is 40.2 Å². The molecule has 4 nitrogen and oxygen atoms in total. The lowest BCUT2D eigenvalue weighted by molar-refractivity contribution is 1.18. The van der Waals surface area contributed by atoms with Crippen LogP contribution < -0.4 is 11.1 Å². The van der Waals surface area contributed by atoms with E-state index >= 15 is 0 Å². The van der Waals surface area contributed by atoms with Crippen LogP contribution in [0.2, 0.25) is 5.02 Å². The molecule has 6 heteroatoms. The second-order valence-electron chi connectivity index (χ2n) is 3.05. The minimum Gasteiger partial charge on any atom is -0.368 e. The first kappa shape index (κ1) is 11.2. The second-order valence-corrected chi connectivity index (χ2v) is 4.32. The summed E-state index contributed by atoms with van der Waals surface area (Å²) in [7, 11) is 0. The van der Waals surface area contributed by atoms with Crippen molar-refractivity contribution in [3.63, 3.8) is 0 Å². The summed E-state index contributed by atoms with van der Waals surface area (Å²) in [4.78, 5) is 7.84. The third kappa shape index (κ3) is 2.62. The summed E-state index contributed by atoms with van der Waals surface area (Å²) in [6.07, 6.45) is 1.59. The first-order valence-electron chi connectivity index (χ1n) is 4.46. The molecular formula is C10H8BrClN4. The molecule has 0 amide bonds. The second kappa shape index (κ2) is 4.67. The van der Waals surface area contributed by atoms with Crippen molar-refractivity contribution in [1.82, 2.24) is 9.97 Å². The molecule has 0 radical (unpaired) electrons. The average molecular weight is 300 g/mol. The van der Waals surface area contributed by atoms with E-state index in [1.54, 1.807) is 18.3 Å². The van der Waals surface area contributed by atoms with Gasteiger partial charge >= 0.3 is 0 Å². The van der Waals surface area contributed by atoms with Gasteiger partial charge in [0.05, 0.1) is 5.02 Å². The zero-order chi connectivity index (χ0) is 11.5. The Morgan fingerprint density at radius 2 is 2.12 bits per heavy atom. The van der Waals surface area contributed by atoms with Crippen molar-refractivity contribution in [2.75, 3.05) is 11.1 Å². The molecule has 2 rings (SSSR count). The number of hydrogen-bond donors (Lipinski definition) is 2. The lowest BCUT2D eigenvalue weighted by Gasteiger charge is -2.06. The standard InChI is InChI=1S/C10H8BrClN4/c11-7-5-6(1-2-8(7)12)15-9-3-4-14-10(13)16-9/h1-5H,(H3,13,14,15,16). The van der Waals surface area contributed by atoms with Gasteiger partial charge in [-0.2, -0.15) is 4.98 Å². The zero-order valence-electron chi connectivity index (χ0n) is 8.11. The molecule has 82 valence electrons. The van der Waals surface area contributed by atoms with E-state index in [4.69, 9.17) is 17.3 Å². The number of nitrogens with one attached hydrogen (secondary N) is 1. The van der Waals surface area contributed by atoms with E-state index in [1.165, 1.54) is 0 Å². The molecule has 1 aromatic heterocycles. The third-order valence-electron chi connectivity index (χ3n) is 1.87. The smallest absolute Gasteiger partial charge is 0.221 e. The molecule has 1 heterocycles. The molecule has 0 fully saturated rings. The maximum atomic E-state index is 5.89. The van der Waals surface area contributed by atoms with Gasteiger partial charge in [0, 0.05) is 16.4 Å². The van der Waals surface area contributed by atoms with Crippen molar-refractivity contribution in [1.29, 1.82) is 0 Å². The molecule has 0 aliphatic rings. The summed E-state index contributed by atoms with van der Waals surface area (Å²) < 4.78 is 0.821. The number of nitrogens with zero attached hydrogens (tertiary/aromatic N) is 2. The summed E-state index contributed by atoms with van der Waals surface area (Å²) in [6.45, 7) is 0. The monoisotopic (exact) mass is 298 g/mol. The average Bonchev–Trinajstić information content (AvgIpc) is 2.24. The van der Waals surface area contributed by atoms with E-state index in [-0.39, 0.29) is 5.95 Å². The van der Waals surface area contributed by atoms with Crippen molar-refractivity contribution in [3.05, 3.63) is 40.0 Å². The van der Waals surface area contributed by atoms with Crippen LogP contribution in [0.15, 0.2) is 34.9 Å². The van der Waals surface area contributed by atoms with Gasteiger partial charge in [0.15, 0.2) is 0 Å². The molecule has 1 aromatic carbocycles. The van der Waals surface area contributed by atoms with Gasteiger partial charge in [0.1, 0.15) is 5.82 Å². The lowest BCUT2D eigenvalue weighted by atomic mass is 10.3. The van der Waals surface area contributed by atoms with E-state index in [0.29, 0.717) is 10.8 Å². The van der Waals surface area contributed by atoms with Crippen LogP contribution in [0.5, 0.6) is 0 Å². The maximum absolute atomic E-state index is 5.89. The van der Waals surface area contributed by atoms with Crippen LogP contribution in [-0.4, -0.2) is 9.97 Å². The van der Waals surface area contributed by atoms with Crippen molar-refractivity contribution in [2.45, 2.75) is 0 Å². The number of rotatable bonds is 2. The van der Waals surface area contributed by atoms with Crippen LogP contribution in [-0.2, 0) is 0 Å². The number of hydrogen-bond acceptors (Lipinski definition) is 4. The number of nitrogens with two attached hydrogens (primary N) is 1. The van der Waals surface area contributed by atoms with Crippen LogP contribution in [0.1, 0.15) is 0 Å². The van der Waals surface area contributed by atoms with E-state index in [9.17, 15) is 0 Å². The molecule has 0 atom stereocenters. The first-order chi connectivity index (χ1) is 7.65. The molecule has 0 aliphatic heterocycles. The molecule has 0 unspecified atom stereocenters. The number of benzene rings is 1. The Balaban J connectivity index is 2.24. The summed E-state index contributed by atoms with van der Waals surface area (Å²) in [5, 5.41) is 3.75. The first-order valence-corrected chi connectivity index (χ1v) is 5.63. The van der Waals surface area contributed by atoms with Crippen molar-refractivity contribution in [3.8, 4) is 0 Å². The van der Waals surface area contributed by atoms with Crippen LogP contribution in [0.25, 0.3) is 0 Å². The van der Waals surface area contributed by atoms with Crippen molar-refractivity contribution >= 4 is 45.0 Å². The Bertz CT molecular complexity index is 518. The summed E-state index contributed by atoms with van der Waals surface area (Å²) in [5.74, 6) is 0.875. The van der Waals surface area contributed by atoms with E-state index in [0.717, 1.165) is 10.2 Å².